The summed E-state index contributed by atoms with van der Waals surface area (Å²) in [4.78, 5) is 23.5. The fraction of sp³-hybridized carbons (Fsp3) is 0.0769. The fourth-order valence-electron chi connectivity index (χ4n) is 1.60. The molecule has 0 saturated carbocycles. The Morgan fingerprint density at radius 2 is 2.05 bits per heavy atom. The topological polar surface area (TPSA) is 78.4 Å². The SMILES string of the molecule is O=C(NCc1ccc(Cl)s1)Nc1c(F)cccc1C(=O)O. The summed E-state index contributed by atoms with van der Waals surface area (Å²) in [5.41, 5.74) is -0.684. The first-order chi connectivity index (χ1) is 9.97. The second kappa shape index (κ2) is 6.55. The van der Waals surface area contributed by atoms with Gasteiger partial charge in [-0.1, -0.05) is 17.7 Å². The largest absolute Gasteiger partial charge is 0.478 e. The van der Waals surface area contributed by atoms with Crippen molar-refractivity contribution < 1.29 is 19.1 Å². The molecule has 2 rings (SSSR count). The Morgan fingerprint density at radius 1 is 1.29 bits per heavy atom. The van der Waals surface area contributed by atoms with Gasteiger partial charge in [0, 0.05) is 4.88 Å². The summed E-state index contributed by atoms with van der Waals surface area (Å²) in [5, 5.41) is 13.7. The number of anilines is 1. The molecule has 0 radical (unpaired) electrons. The molecule has 2 amide bonds. The summed E-state index contributed by atoms with van der Waals surface area (Å²) in [6, 6.07) is 6.28. The van der Waals surface area contributed by atoms with Crippen molar-refractivity contribution in [2.45, 2.75) is 6.54 Å². The number of amides is 2. The highest BCUT2D eigenvalue weighted by molar-refractivity contribution is 7.16. The van der Waals surface area contributed by atoms with Crippen LogP contribution in [-0.4, -0.2) is 17.1 Å². The van der Waals surface area contributed by atoms with Crippen LogP contribution in [-0.2, 0) is 6.54 Å². The van der Waals surface area contributed by atoms with Gasteiger partial charge in [0.25, 0.3) is 0 Å². The normalized spacial score (nSPS) is 10.2. The first-order valence-corrected chi connectivity index (χ1v) is 6.97. The summed E-state index contributed by atoms with van der Waals surface area (Å²) in [5.74, 6) is -2.14. The Balaban J connectivity index is 2.04. The van der Waals surface area contributed by atoms with Crippen LogP contribution in [0.3, 0.4) is 0 Å². The lowest BCUT2D eigenvalue weighted by Crippen LogP contribution is -2.29. The van der Waals surface area contributed by atoms with Crippen LogP contribution in [0.15, 0.2) is 30.3 Å². The van der Waals surface area contributed by atoms with Gasteiger partial charge in [0.1, 0.15) is 5.82 Å². The Labute approximate surface area is 128 Å². The Morgan fingerprint density at radius 3 is 2.67 bits per heavy atom. The minimum absolute atomic E-state index is 0.208. The molecule has 0 aliphatic heterocycles. The second-order valence-corrected chi connectivity index (χ2v) is 5.78. The third-order valence-electron chi connectivity index (χ3n) is 2.53. The number of carbonyl (C=O) groups excluding carboxylic acids is 1. The number of hydrogen-bond acceptors (Lipinski definition) is 3. The molecule has 0 fully saturated rings. The molecule has 0 atom stereocenters. The molecule has 1 heterocycles. The number of carbonyl (C=O) groups is 2. The molecular formula is C13H10ClFN2O3S. The Kier molecular flexibility index (Phi) is 4.77. The maximum atomic E-state index is 13.6. The smallest absolute Gasteiger partial charge is 0.337 e. The molecule has 1 aromatic heterocycles. The standard InChI is InChI=1S/C13H10ClFN2O3S/c14-10-5-4-7(21-10)6-16-13(20)17-11-8(12(18)19)2-1-3-9(11)15/h1-5H,6H2,(H,18,19)(H2,16,17,20). The molecule has 1 aromatic carbocycles. The molecule has 21 heavy (non-hydrogen) atoms. The number of para-hydroxylation sites is 1. The average Bonchev–Trinajstić information content (AvgIpc) is 2.84. The minimum Gasteiger partial charge on any atom is -0.478 e. The summed E-state index contributed by atoms with van der Waals surface area (Å²) >= 11 is 7.06. The van der Waals surface area contributed by atoms with E-state index in [2.05, 4.69) is 10.6 Å². The third-order valence-corrected chi connectivity index (χ3v) is 3.77. The van der Waals surface area contributed by atoms with E-state index in [1.165, 1.54) is 23.5 Å². The molecule has 0 aliphatic carbocycles. The van der Waals surface area contributed by atoms with Crippen molar-refractivity contribution >= 4 is 40.6 Å². The zero-order valence-corrected chi connectivity index (χ0v) is 12.1. The van der Waals surface area contributed by atoms with Crippen molar-refractivity contribution in [3.63, 3.8) is 0 Å². The number of thiophene rings is 1. The Hall–Kier alpha value is -2.12. The number of carboxylic acids is 1. The molecule has 2 aromatic rings. The van der Waals surface area contributed by atoms with Crippen LogP contribution in [0.2, 0.25) is 4.34 Å². The zero-order valence-electron chi connectivity index (χ0n) is 10.5. The number of urea groups is 1. The lowest BCUT2D eigenvalue weighted by molar-refractivity contribution is 0.0697. The number of nitrogens with one attached hydrogen (secondary N) is 2. The maximum Gasteiger partial charge on any atom is 0.337 e. The molecule has 0 saturated heterocycles. The number of benzene rings is 1. The van der Waals surface area contributed by atoms with Crippen molar-refractivity contribution in [1.29, 1.82) is 0 Å². The number of rotatable bonds is 4. The first-order valence-electron chi connectivity index (χ1n) is 5.78. The highest BCUT2D eigenvalue weighted by Crippen LogP contribution is 2.22. The van der Waals surface area contributed by atoms with Gasteiger partial charge >= 0.3 is 12.0 Å². The van der Waals surface area contributed by atoms with Crippen molar-refractivity contribution in [3.05, 3.63) is 50.9 Å². The molecule has 5 nitrogen and oxygen atoms in total. The van der Waals surface area contributed by atoms with Crippen LogP contribution in [0.25, 0.3) is 0 Å². The molecule has 0 spiro atoms. The van der Waals surface area contributed by atoms with Crippen molar-refractivity contribution in [1.82, 2.24) is 5.32 Å². The van der Waals surface area contributed by atoms with E-state index in [-0.39, 0.29) is 17.8 Å². The van der Waals surface area contributed by atoms with E-state index < -0.39 is 17.8 Å². The highest BCUT2D eigenvalue weighted by Gasteiger charge is 2.16. The van der Waals surface area contributed by atoms with Crippen LogP contribution in [0.1, 0.15) is 15.2 Å². The summed E-state index contributed by atoms with van der Waals surface area (Å²) in [6.45, 7) is 0.208. The molecule has 0 bridgehead atoms. The van der Waals surface area contributed by atoms with Crippen LogP contribution >= 0.6 is 22.9 Å². The van der Waals surface area contributed by atoms with Gasteiger partial charge in [-0.2, -0.15) is 0 Å². The van der Waals surface area contributed by atoms with E-state index in [1.54, 1.807) is 12.1 Å². The number of carboxylic acid groups (broad SMARTS) is 1. The quantitative estimate of drug-likeness (QED) is 0.803. The number of hydrogen-bond donors (Lipinski definition) is 3. The molecule has 0 unspecified atom stereocenters. The van der Waals surface area contributed by atoms with Gasteiger partial charge in [-0.05, 0) is 24.3 Å². The van der Waals surface area contributed by atoms with E-state index in [1.807, 2.05) is 0 Å². The average molecular weight is 329 g/mol. The van der Waals surface area contributed by atoms with Gasteiger partial charge in [0.15, 0.2) is 0 Å². The lowest BCUT2D eigenvalue weighted by Gasteiger charge is -2.10. The van der Waals surface area contributed by atoms with Gasteiger partial charge < -0.3 is 15.7 Å². The van der Waals surface area contributed by atoms with E-state index in [0.29, 0.717) is 4.34 Å². The summed E-state index contributed by atoms with van der Waals surface area (Å²) in [6.07, 6.45) is 0. The molecule has 3 N–H and O–H groups in total. The van der Waals surface area contributed by atoms with Crippen LogP contribution in [0.5, 0.6) is 0 Å². The zero-order chi connectivity index (χ0) is 15.4. The van der Waals surface area contributed by atoms with Crippen LogP contribution in [0.4, 0.5) is 14.9 Å². The van der Waals surface area contributed by atoms with Crippen LogP contribution < -0.4 is 10.6 Å². The minimum atomic E-state index is -1.32. The van der Waals surface area contributed by atoms with Gasteiger partial charge in [-0.15, -0.1) is 11.3 Å². The monoisotopic (exact) mass is 328 g/mol. The second-order valence-electron chi connectivity index (χ2n) is 3.98. The number of halogens is 2. The van der Waals surface area contributed by atoms with Crippen molar-refractivity contribution in [2.75, 3.05) is 5.32 Å². The predicted octanol–water partition coefficient (Wildman–Crippen LogP) is 3.56. The maximum absolute atomic E-state index is 13.6. The number of aromatic carboxylic acids is 1. The molecular weight excluding hydrogens is 319 g/mol. The van der Waals surface area contributed by atoms with E-state index >= 15 is 0 Å². The fourth-order valence-corrected chi connectivity index (χ4v) is 2.63. The first kappa shape index (κ1) is 15.3. The predicted molar refractivity (Wildman–Crippen MR) is 78.5 cm³/mol. The van der Waals surface area contributed by atoms with E-state index in [0.717, 1.165) is 10.9 Å². The highest BCUT2D eigenvalue weighted by atomic mass is 35.5. The third kappa shape index (κ3) is 3.93. The summed E-state index contributed by atoms with van der Waals surface area (Å²) < 4.78 is 14.2. The summed E-state index contributed by atoms with van der Waals surface area (Å²) in [7, 11) is 0. The van der Waals surface area contributed by atoms with Crippen molar-refractivity contribution in [2.24, 2.45) is 0 Å². The van der Waals surface area contributed by atoms with Gasteiger partial charge in [-0.25, -0.2) is 14.0 Å². The molecule has 110 valence electrons. The van der Waals surface area contributed by atoms with Gasteiger partial charge in [0.2, 0.25) is 0 Å². The lowest BCUT2D eigenvalue weighted by atomic mass is 10.1. The van der Waals surface area contributed by atoms with Crippen molar-refractivity contribution in [3.8, 4) is 0 Å². The van der Waals surface area contributed by atoms with Gasteiger partial charge in [0.05, 0.1) is 22.1 Å². The van der Waals surface area contributed by atoms with E-state index in [9.17, 15) is 14.0 Å². The van der Waals surface area contributed by atoms with Crippen LogP contribution in [0, 0.1) is 5.82 Å². The Bertz CT molecular complexity index is 690. The molecule has 8 heteroatoms. The molecule has 0 aliphatic rings. The van der Waals surface area contributed by atoms with Gasteiger partial charge in [-0.3, -0.25) is 0 Å². The van der Waals surface area contributed by atoms with E-state index in [4.69, 9.17) is 16.7 Å².